The summed E-state index contributed by atoms with van der Waals surface area (Å²) in [4.78, 5) is 15.6. The number of benzene rings is 1. The fourth-order valence-electron chi connectivity index (χ4n) is 6.95. The van der Waals surface area contributed by atoms with Crippen LogP contribution in [0.5, 0.6) is 11.5 Å². The van der Waals surface area contributed by atoms with E-state index in [2.05, 4.69) is 24.1 Å². The van der Waals surface area contributed by atoms with E-state index in [-0.39, 0.29) is 35.5 Å². The summed E-state index contributed by atoms with van der Waals surface area (Å²) in [5, 5.41) is 37.4. The molecule has 2 bridgehead atoms. The van der Waals surface area contributed by atoms with Crippen LogP contribution in [0.1, 0.15) is 57.1 Å². The van der Waals surface area contributed by atoms with Crippen LogP contribution in [0.25, 0.3) is 0 Å². The van der Waals surface area contributed by atoms with Crippen LogP contribution in [-0.4, -0.2) is 63.5 Å². The smallest absolute Gasteiger partial charge is 0.250 e. The minimum Gasteiger partial charge on any atom is -0.508 e. The topological polar surface area (TPSA) is 102 Å². The van der Waals surface area contributed by atoms with E-state index in [1.807, 2.05) is 6.07 Å². The highest BCUT2D eigenvalue weighted by molar-refractivity contribution is 5.95. The number of aromatic hydroxyl groups is 1. The molecule has 0 aromatic heterocycles. The lowest BCUT2D eigenvalue weighted by Crippen LogP contribution is -2.75. The van der Waals surface area contributed by atoms with E-state index in [0.717, 1.165) is 30.6 Å². The molecule has 1 aromatic carbocycles. The van der Waals surface area contributed by atoms with Crippen molar-refractivity contribution in [3.63, 3.8) is 0 Å². The van der Waals surface area contributed by atoms with E-state index in [0.29, 0.717) is 37.0 Å². The van der Waals surface area contributed by atoms with E-state index in [9.17, 15) is 20.1 Å². The molecule has 33 heavy (non-hydrogen) atoms. The first-order valence-corrected chi connectivity index (χ1v) is 12.4. The Kier molecular flexibility index (Phi) is 4.60. The Hall–Kier alpha value is -2.25. The van der Waals surface area contributed by atoms with E-state index < -0.39 is 17.1 Å². The molecular formula is C26H34N2O5. The molecule has 4 N–H and O–H groups in total. The summed E-state index contributed by atoms with van der Waals surface area (Å²) in [5.41, 5.74) is 0.0102. The second kappa shape index (κ2) is 7.12. The van der Waals surface area contributed by atoms with Crippen LogP contribution in [0, 0.1) is 11.8 Å². The lowest BCUT2D eigenvalue weighted by molar-refractivity contribution is -0.172. The second-order valence-electron chi connectivity index (χ2n) is 11.2. The van der Waals surface area contributed by atoms with Crippen molar-refractivity contribution >= 4 is 5.91 Å². The van der Waals surface area contributed by atoms with Gasteiger partial charge < -0.3 is 25.4 Å². The Labute approximate surface area is 194 Å². The molecule has 3 aliphatic carbocycles. The maximum Gasteiger partial charge on any atom is 0.250 e. The molecule has 2 fully saturated rings. The highest BCUT2D eigenvalue weighted by atomic mass is 16.5. The van der Waals surface area contributed by atoms with Crippen LogP contribution in [0.15, 0.2) is 23.5 Å². The van der Waals surface area contributed by atoms with E-state index in [1.165, 1.54) is 12.8 Å². The van der Waals surface area contributed by atoms with Crippen LogP contribution < -0.4 is 10.1 Å². The minimum atomic E-state index is -1.26. The summed E-state index contributed by atoms with van der Waals surface area (Å²) in [5.74, 6) is 1.08. The monoisotopic (exact) mass is 454 g/mol. The number of nitrogens with one attached hydrogen (secondary N) is 1. The van der Waals surface area contributed by atoms with Crippen LogP contribution in [-0.2, 0) is 16.6 Å². The second-order valence-corrected chi connectivity index (χ2v) is 11.2. The van der Waals surface area contributed by atoms with Crippen molar-refractivity contribution in [1.29, 1.82) is 0 Å². The van der Waals surface area contributed by atoms with Gasteiger partial charge in [-0.1, -0.05) is 19.9 Å². The van der Waals surface area contributed by atoms with Gasteiger partial charge in [0.05, 0.1) is 16.6 Å². The maximum atomic E-state index is 13.2. The SMILES string of the molecule is CC(C)CCNC(=O)C1=C(O)[C@@H]2Oc3c(O)ccc4c3[C@@]23CCN(CC2CC2)[C@H](C4)[C@]3(O)C1. The molecule has 1 saturated carbocycles. The normalized spacial score (nSPS) is 34.3. The molecule has 5 aliphatic rings. The first kappa shape index (κ1) is 21.3. The fraction of sp³-hybridized carbons (Fsp3) is 0.654. The standard InChI is InChI=1S/C26H34N2O5/c1-14(2)7-9-27-24(31)17-12-26(32)19-11-16-5-6-18(29)22-20(16)25(26,23(33-22)21(17)30)8-10-28(19)13-15-3-4-15/h5-6,14-15,19,23,29-30,32H,3-4,7-13H2,1-2H3,(H,27,31)/t19-,23+,25+,26-/m1/s1. The number of ether oxygens (including phenoxy) is 1. The molecule has 1 saturated heterocycles. The molecule has 7 heteroatoms. The number of aliphatic hydroxyl groups is 2. The zero-order valence-corrected chi connectivity index (χ0v) is 19.4. The zero-order valence-electron chi connectivity index (χ0n) is 19.4. The maximum absolute atomic E-state index is 13.2. The number of piperidine rings is 1. The zero-order chi connectivity index (χ0) is 23.1. The molecule has 2 aliphatic heterocycles. The van der Waals surface area contributed by atoms with Gasteiger partial charge in [0.25, 0.3) is 5.91 Å². The number of hydrogen-bond donors (Lipinski definition) is 4. The third kappa shape index (κ3) is 2.84. The average Bonchev–Trinajstić information content (AvgIpc) is 3.50. The van der Waals surface area contributed by atoms with Crippen molar-refractivity contribution in [1.82, 2.24) is 10.2 Å². The van der Waals surface area contributed by atoms with Gasteiger partial charge in [-0.2, -0.15) is 0 Å². The third-order valence-corrected chi connectivity index (χ3v) is 8.80. The number of phenols is 1. The van der Waals surface area contributed by atoms with Gasteiger partial charge >= 0.3 is 0 Å². The Bertz CT molecular complexity index is 1050. The summed E-state index contributed by atoms with van der Waals surface area (Å²) in [6, 6.07) is 3.42. The highest BCUT2D eigenvalue weighted by Crippen LogP contribution is 2.66. The van der Waals surface area contributed by atoms with Gasteiger partial charge in [-0.05, 0) is 62.1 Å². The van der Waals surface area contributed by atoms with Crippen LogP contribution >= 0.6 is 0 Å². The van der Waals surface area contributed by atoms with Gasteiger partial charge in [0.15, 0.2) is 17.6 Å². The average molecular weight is 455 g/mol. The minimum absolute atomic E-state index is 0.0227. The van der Waals surface area contributed by atoms with Gasteiger partial charge in [0, 0.05) is 31.1 Å². The predicted molar refractivity (Wildman–Crippen MR) is 122 cm³/mol. The Morgan fingerprint density at radius 3 is 2.82 bits per heavy atom. The van der Waals surface area contributed by atoms with Crippen LogP contribution in [0.4, 0.5) is 0 Å². The predicted octanol–water partition coefficient (Wildman–Crippen LogP) is 2.54. The number of nitrogens with zero attached hydrogens (tertiary/aromatic N) is 1. The summed E-state index contributed by atoms with van der Waals surface area (Å²) < 4.78 is 6.22. The number of amides is 1. The molecule has 1 spiro atoms. The first-order valence-electron chi connectivity index (χ1n) is 12.4. The van der Waals surface area contributed by atoms with Crippen molar-refractivity contribution < 1.29 is 24.9 Å². The number of rotatable bonds is 6. The van der Waals surface area contributed by atoms with Crippen molar-refractivity contribution in [3.05, 3.63) is 34.6 Å². The third-order valence-electron chi connectivity index (χ3n) is 8.80. The lowest BCUT2D eigenvalue weighted by atomic mass is 9.49. The quantitative estimate of drug-likeness (QED) is 0.527. The largest absolute Gasteiger partial charge is 0.508 e. The van der Waals surface area contributed by atoms with E-state index in [4.69, 9.17) is 4.74 Å². The molecule has 178 valence electrons. The van der Waals surface area contributed by atoms with Gasteiger partial charge in [-0.3, -0.25) is 9.69 Å². The van der Waals surface area contributed by atoms with Crippen molar-refractivity contribution in [2.75, 3.05) is 19.6 Å². The van der Waals surface area contributed by atoms with Gasteiger partial charge in [0.1, 0.15) is 5.76 Å². The van der Waals surface area contributed by atoms with Gasteiger partial charge in [-0.25, -0.2) is 0 Å². The van der Waals surface area contributed by atoms with Crippen molar-refractivity contribution in [2.24, 2.45) is 11.8 Å². The summed E-state index contributed by atoms with van der Waals surface area (Å²) in [7, 11) is 0. The van der Waals surface area contributed by atoms with Crippen molar-refractivity contribution in [2.45, 2.75) is 75.5 Å². The molecule has 2 heterocycles. The first-order chi connectivity index (χ1) is 15.8. The number of aliphatic hydroxyl groups excluding tert-OH is 1. The number of carbonyl (C=O) groups is 1. The Morgan fingerprint density at radius 2 is 2.09 bits per heavy atom. The molecular weight excluding hydrogens is 420 g/mol. The lowest BCUT2D eigenvalue weighted by Gasteiger charge is -2.62. The number of carbonyl (C=O) groups excluding carboxylic acids is 1. The fourth-order valence-corrected chi connectivity index (χ4v) is 6.95. The molecule has 1 aromatic rings. The van der Waals surface area contributed by atoms with Gasteiger partial charge in [-0.15, -0.1) is 0 Å². The van der Waals surface area contributed by atoms with E-state index >= 15 is 0 Å². The van der Waals surface area contributed by atoms with E-state index in [1.54, 1.807) is 6.07 Å². The molecule has 1 amide bonds. The molecule has 0 radical (unpaired) electrons. The van der Waals surface area contributed by atoms with Gasteiger partial charge in [0.2, 0.25) is 0 Å². The van der Waals surface area contributed by atoms with Crippen LogP contribution in [0.3, 0.4) is 0 Å². The Morgan fingerprint density at radius 1 is 1.30 bits per heavy atom. The highest BCUT2D eigenvalue weighted by Gasteiger charge is 2.73. The van der Waals surface area contributed by atoms with Crippen molar-refractivity contribution in [3.8, 4) is 11.5 Å². The molecule has 6 rings (SSSR count). The Balaban J connectivity index is 1.45. The summed E-state index contributed by atoms with van der Waals surface area (Å²) >= 11 is 0. The summed E-state index contributed by atoms with van der Waals surface area (Å²) in [6.07, 6.45) is 3.80. The molecule has 0 unspecified atom stereocenters. The number of hydrogen-bond acceptors (Lipinski definition) is 6. The molecule has 7 nitrogen and oxygen atoms in total. The van der Waals surface area contributed by atoms with Crippen LogP contribution in [0.2, 0.25) is 0 Å². The number of likely N-dealkylation sites (tertiary alicyclic amines) is 1. The number of phenolic OH excluding ortho intramolecular Hbond substituents is 1. The summed E-state index contributed by atoms with van der Waals surface area (Å²) in [6.45, 7) is 6.48. The molecule has 4 atom stereocenters.